The van der Waals surface area contributed by atoms with Gasteiger partial charge in [0.1, 0.15) is 0 Å². The first-order valence-corrected chi connectivity index (χ1v) is 22.1. The van der Waals surface area contributed by atoms with Crippen molar-refractivity contribution in [2.75, 3.05) is 4.90 Å². The Labute approximate surface area is 365 Å². The van der Waals surface area contributed by atoms with Crippen molar-refractivity contribution in [1.29, 1.82) is 0 Å². The molecule has 0 unspecified atom stereocenters. The summed E-state index contributed by atoms with van der Waals surface area (Å²) in [4.78, 5) is 2.39. The molecule has 1 heterocycles. The number of hydrogen-bond acceptors (Lipinski definition) is 2. The van der Waals surface area contributed by atoms with E-state index in [4.69, 9.17) is 0 Å². The number of benzene rings is 11. The van der Waals surface area contributed by atoms with E-state index in [1.807, 2.05) is 11.3 Å². The summed E-state index contributed by atoms with van der Waals surface area (Å²) in [5.74, 6) is 0. The lowest BCUT2D eigenvalue weighted by molar-refractivity contribution is 1.28. The van der Waals surface area contributed by atoms with Crippen molar-refractivity contribution in [3.8, 4) is 44.5 Å². The molecule has 0 saturated carbocycles. The number of rotatable bonds is 7. The fraction of sp³-hybridized carbons (Fsp3) is 0. The van der Waals surface area contributed by atoms with E-state index in [1.165, 1.54) is 97.0 Å². The molecule has 1 nitrogen and oxygen atoms in total. The lowest BCUT2D eigenvalue weighted by Crippen LogP contribution is -2.09. The van der Waals surface area contributed by atoms with E-state index in [9.17, 15) is 0 Å². The highest BCUT2D eigenvalue weighted by Gasteiger charge is 2.20. The zero-order valence-electron chi connectivity index (χ0n) is 33.9. The van der Waals surface area contributed by atoms with E-state index in [0.717, 1.165) is 17.1 Å². The number of hydrogen-bond donors (Lipinski definition) is 0. The second-order valence-corrected chi connectivity index (χ2v) is 17.0. The maximum atomic E-state index is 2.39. The van der Waals surface area contributed by atoms with Crippen LogP contribution in [0.3, 0.4) is 0 Å². The molecule has 0 fully saturated rings. The van der Waals surface area contributed by atoms with Crippen LogP contribution in [-0.2, 0) is 0 Å². The highest BCUT2D eigenvalue weighted by Crippen LogP contribution is 2.46. The fourth-order valence-electron chi connectivity index (χ4n) is 9.60. The first-order valence-electron chi connectivity index (χ1n) is 21.3. The van der Waals surface area contributed by atoms with Crippen LogP contribution in [0.25, 0.3) is 97.0 Å². The molecule has 1 aromatic heterocycles. The van der Waals surface area contributed by atoms with Gasteiger partial charge in [0.05, 0.1) is 0 Å². The van der Waals surface area contributed by atoms with Crippen LogP contribution in [0.15, 0.2) is 237 Å². The molecule has 0 amide bonds. The Morgan fingerprint density at radius 2 is 0.677 bits per heavy atom. The second kappa shape index (κ2) is 15.0. The van der Waals surface area contributed by atoms with Gasteiger partial charge in [-0.2, -0.15) is 0 Å². The smallest absolute Gasteiger partial charge is 0.0462 e. The van der Waals surface area contributed by atoms with Gasteiger partial charge in [0.15, 0.2) is 0 Å². The van der Waals surface area contributed by atoms with E-state index in [0.29, 0.717) is 0 Å². The number of nitrogens with zero attached hydrogens (tertiary/aromatic N) is 1. The van der Waals surface area contributed by atoms with E-state index in [-0.39, 0.29) is 0 Å². The highest BCUT2D eigenvalue weighted by molar-refractivity contribution is 7.26. The third kappa shape index (κ3) is 6.07. The minimum Gasteiger partial charge on any atom is -0.311 e. The minimum atomic E-state index is 1.09. The van der Waals surface area contributed by atoms with Crippen molar-refractivity contribution in [2.24, 2.45) is 0 Å². The Bertz CT molecular complexity index is 3600. The summed E-state index contributed by atoms with van der Waals surface area (Å²) in [7, 11) is 0. The van der Waals surface area contributed by atoms with E-state index in [2.05, 4.69) is 241 Å². The number of anilines is 3. The van der Waals surface area contributed by atoms with Gasteiger partial charge >= 0.3 is 0 Å². The van der Waals surface area contributed by atoms with Gasteiger partial charge in [0.2, 0.25) is 0 Å². The molecule has 290 valence electrons. The molecule has 12 rings (SSSR count). The van der Waals surface area contributed by atoms with Crippen LogP contribution in [0.2, 0.25) is 0 Å². The van der Waals surface area contributed by atoms with Crippen LogP contribution in [0.4, 0.5) is 17.1 Å². The van der Waals surface area contributed by atoms with Gasteiger partial charge in [0, 0.05) is 37.2 Å². The summed E-state index contributed by atoms with van der Waals surface area (Å²) in [6.07, 6.45) is 0. The highest BCUT2D eigenvalue weighted by atomic mass is 32.1. The first kappa shape index (κ1) is 36.1. The molecule has 2 heteroatoms. The van der Waals surface area contributed by atoms with Crippen molar-refractivity contribution in [1.82, 2.24) is 0 Å². The van der Waals surface area contributed by atoms with Gasteiger partial charge in [-0.05, 0) is 119 Å². The Hall–Kier alpha value is -7.78. The van der Waals surface area contributed by atoms with Gasteiger partial charge in [-0.25, -0.2) is 0 Å². The molecule has 11 aromatic carbocycles. The third-order valence-electron chi connectivity index (χ3n) is 12.5. The van der Waals surface area contributed by atoms with Crippen LogP contribution in [0, 0.1) is 0 Å². The van der Waals surface area contributed by atoms with Gasteiger partial charge < -0.3 is 4.90 Å². The Morgan fingerprint density at radius 3 is 1.31 bits per heavy atom. The standard InChI is InChI=1S/C60H39NS/c1-2-15-43(16-3-1)58-54-22-8-6-19-51(54)52-20-7-9-23-55(52)59(58)44-32-38-47(39-33-44)61(45-34-28-41(29-35-45)49-24-12-17-40-14-4-5-18-48(40)49)46-36-30-42(31-37-46)50-25-13-26-56-53-21-10-11-27-57(53)62-60(50)56/h1-39H. The minimum absolute atomic E-state index is 1.09. The summed E-state index contributed by atoms with van der Waals surface area (Å²) in [6.45, 7) is 0. The van der Waals surface area contributed by atoms with Crippen LogP contribution < -0.4 is 4.90 Å². The van der Waals surface area contributed by atoms with Crippen LogP contribution in [-0.4, -0.2) is 0 Å². The average Bonchev–Trinajstić information content (AvgIpc) is 3.74. The van der Waals surface area contributed by atoms with Crippen molar-refractivity contribution in [3.63, 3.8) is 0 Å². The molecular weight excluding hydrogens is 767 g/mol. The quantitative estimate of drug-likeness (QED) is 0.145. The first-order chi connectivity index (χ1) is 30.8. The lowest BCUT2D eigenvalue weighted by Gasteiger charge is -2.26. The summed E-state index contributed by atoms with van der Waals surface area (Å²) >= 11 is 1.88. The van der Waals surface area contributed by atoms with Crippen molar-refractivity contribution in [3.05, 3.63) is 237 Å². The predicted molar refractivity (Wildman–Crippen MR) is 268 cm³/mol. The Morgan fingerprint density at radius 1 is 0.258 bits per heavy atom. The zero-order valence-corrected chi connectivity index (χ0v) is 34.7. The molecule has 0 aliphatic heterocycles. The van der Waals surface area contributed by atoms with Gasteiger partial charge in [-0.1, -0.05) is 194 Å². The van der Waals surface area contributed by atoms with Crippen LogP contribution >= 0.6 is 11.3 Å². The van der Waals surface area contributed by atoms with E-state index >= 15 is 0 Å². The molecule has 12 aromatic rings. The van der Waals surface area contributed by atoms with Crippen molar-refractivity contribution in [2.45, 2.75) is 0 Å². The third-order valence-corrected chi connectivity index (χ3v) is 13.7. The number of fused-ring (bicyclic) bond motifs is 7. The summed E-state index contributed by atoms with van der Waals surface area (Å²) in [5.41, 5.74) is 13.1. The normalized spacial score (nSPS) is 11.5. The van der Waals surface area contributed by atoms with Gasteiger partial charge in [-0.15, -0.1) is 11.3 Å². The molecule has 0 saturated heterocycles. The number of thiophene rings is 1. The Balaban J connectivity index is 0.999. The molecule has 0 aliphatic carbocycles. The fourth-order valence-corrected chi connectivity index (χ4v) is 10.8. The lowest BCUT2D eigenvalue weighted by atomic mass is 9.85. The Kier molecular flexibility index (Phi) is 8.76. The van der Waals surface area contributed by atoms with E-state index < -0.39 is 0 Å². The van der Waals surface area contributed by atoms with Gasteiger partial charge in [-0.3, -0.25) is 0 Å². The molecule has 0 atom stereocenters. The zero-order chi connectivity index (χ0) is 41.0. The second-order valence-electron chi connectivity index (χ2n) is 16.0. The monoisotopic (exact) mass is 805 g/mol. The summed E-state index contributed by atoms with van der Waals surface area (Å²) in [5, 5.41) is 10.2. The molecular formula is C60H39NS. The van der Waals surface area contributed by atoms with Crippen molar-refractivity contribution < 1.29 is 0 Å². The van der Waals surface area contributed by atoms with E-state index in [1.54, 1.807) is 0 Å². The predicted octanol–water partition coefficient (Wildman–Crippen LogP) is 17.7. The maximum absolute atomic E-state index is 2.39. The molecule has 0 bridgehead atoms. The van der Waals surface area contributed by atoms with Crippen LogP contribution in [0.5, 0.6) is 0 Å². The molecule has 0 N–H and O–H groups in total. The van der Waals surface area contributed by atoms with Crippen molar-refractivity contribution >= 4 is 80.9 Å². The van der Waals surface area contributed by atoms with Crippen LogP contribution in [0.1, 0.15) is 0 Å². The summed E-state index contributed by atoms with van der Waals surface area (Å²) < 4.78 is 2.65. The largest absolute Gasteiger partial charge is 0.311 e. The molecule has 62 heavy (non-hydrogen) atoms. The maximum Gasteiger partial charge on any atom is 0.0462 e. The SMILES string of the molecule is c1ccc(-c2c(-c3ccc(N(c4ccc(-c5cccc6ccccc56)cc4)c4ccc(-c5cccc6c5sc5ccccc56)cc4)cc3)c3ccccc3c3ccccc23)cc1. The van der Waals surface area contributed by atoms with Gasteiger partial charge in [0.25, 0.3) is 0 Å². The average molecular weight is 806 g/mol. The topological polar surface area (TPSA) is 3.24 Å². The molecule has 0 aliphatic rings. The molecule has 0 radical (unpaired) electrons. The molecule has 0 spiro atoms. The summed E-state index contributed by atoms with van der Waals surface area (Å²) in [6, 6.07) is 86.6.